The van der Waals surface area contributed by atoms with Crippen LogP contribution in [0.4, 0.5) is 5.69 Å². The summed E-state index contributed by atoms with van der Waals surface area (Å²) < 4.78 is 1.92. The molecule has 0 aliphatic heterocycles. The number of benzene rings is 2. The molecule has 0 fully saturated rings. The Morgan fingerprint density at radius 1 is 1.38 bits per heavy atom. The monoisotopic (exact) mass is 296 g/mol. The van der Waals surface area contributed by atoms with Crippen molar-refractivity contribution < 1.29 is 0 Å². The average molecular weight is 297 g/mol. The van der Waals surface area contributed by atoms with Gasteiger partial charge in [-0.2, -0.15) is 0 Å². The minimum Gasteiger partial charge on any atom is -0.334 e. The highest BCUT2D eigenvalue weighted by Gasteiger charge is 2.18. The third-order valence-corrected chi connectivity index (χ3v) is 3.88. The lowest BCUT2D eigenvalue weighted by molar-refractivity contribution is 0.933. The second-order valence-electron chi connectivity index (χ2n) is 4.77. The van der Waals surface area contributed by atoms with Gasteiger partial charge in [-0.25, -0.2) is 9.83 Å². The lowest BCUT2D eigenvalue weighted by Gasteiger charge is -2.14. The molecular formula is C16H13ClN4. The van der Waals surface area contributed by atoms with Gasteiger partial charge in [0, 0.05) is 18.6 Å². The van der Waals surface area contributed by atoms with Crippen molar-refractivity contribution in [3.05, 3.63) is 58.7 Å². The molecule has 21 heavy (non-hydrogen) atoms. The maximum absolute atomic E-state index is 7.46. The normalized spacial score (nSPS) is 10.8. The first kappa shape index (κ1) is 13.6. The molecule has 0 amide bonds. The summed E-state index contributed by atoms with van der Waals surface area (Å²) in [5.41, 5.74) is 10.7. The summed E-state index contributed by atoms with van der Waals surface area (Å²) in [7, 11) is 1.92. The predicted octanol–water partition coefficient (Wildman–Crippen LogP) is 3.90. The fraction of sp³-hybridized carbons (Fsp3) is 0.125. The Kier molecular flexibility index (Phi) is 3.38. The molecule has 0 atom stereocenters. The third kappa shape index (κ3) is 2.07. The van der Waals surface area contributed by atoms with Gasteiger partial charge < -0.3 is 10.3 Å². The summed E-state index contributed by atoms with van der Waals surface area (Å²) in [6.07, 6.45) is 1.73. The Morgan fingerprint density at radius 3 is 2.81 bits per heavy atom. The molecule has 0 radical (unpaired) electrons. The van der Waals surface area contributed by atoms with E-state index in [1.54, 1.807) is 12.4 Å². The number of fused-ring (bicyclic) bond motifs is 1. The first-order chi connectivity index (χ1) is 10.2. The lowest BCUT2D eigenvalue weighted by Crippen LogP contribution is -2.03. The first-order valence-electron chi connectivity index (χ1n) is 6.46. The van der Waals surface area contributed by atoms with Crippen LogP contribution in [0.2, 0.25) is 5.02 Å². The summed E-state index contributed by atoms with van der Waals surface area (Å²) in [5.74, 6) is 0. The molecule has 0 saturated carbocycles. The van der Waals surface area contributed by atoms with Crippen LogP contribution in [-0.2, 0) is 13.6 Å². The van der Waals surface area contributed by atoms with Gasteiger partial charge in [-0.3, -0.25) is 0 Å². The Balaban J connectivity index is 2.48. The van der Waals surface area contributed by atoms with Gasteiger partial charge >= 0.3 is 0 Å². The summed E-state index contributed by atoms with van der Waals surface area (Å²) in [4.78, 5) is 7.97. The largest absolute Gasteiger partial charge is 0.334 e. The average Bonchev–Trinajstić information content (AvgIpc) is 2.87. The molecule has 4 nitrogen and oxygen atoms in total. The SMILES string of the molecule is [C-]#[N+]c1cc2ncn(C)c2c(CN)c1-c1ccccc1Cl. The summed E-state index contributed by atoms with van der Waals surface area (Å²) in [6, 6.07) is 9.29. The molecule has 1 aromatic heterocycles. The minimum absolute atomic E-state index is 0.319. The standard InChI is InChI=1S/C16H13ClN4/c1-19-13-7-14-16(21(2)9-20-14)11(8-18)15(13)10-5-3-4-6-12(10)17/h3-7,9H,8,18H2,2H3. The molecule has 3 aromatic rings. The van der Waals surface area contributed by atoms with Crippen molar-refractivity contribution in [1.29, 1.82) is 0 Å². The van der Waals surface area contributed by atoms with Gasteiger partial charge in [-0.1, -0.05) is 29.8 Å². The molecule has 0 bridgehead atoms. The zero-order valence-corrected chi connectivity index (χ0v) is 12.2. The van der Waals surface area contributed by atoms with Crippen molar-refractivity contribution in [3.8, 4) is 11.1 Å². The molecule has 0 spiro atoms. The molecule has 104 valence electrons. The van der Waals surface area contributed by atoms with Crippen molar-refractivity contribution in [3.63, 3.8) is 0 Å². The number of imidazole rings is 1. The quantitative estimate of drug-likeness (QED) is 0.729. The summed E-state index contributed by atoms with van der Waals surface area (Å²) in [5, 5.41) is 0.610. The van der Waals surface area contributed by atoms with Gasteiger partial charge in [0.1, 0.15) is 0 Å². The van der Waals surface area contributed by atoms with Gasteiger partial charge in [0.25, 0.3) is 0 Å². The van der Waals surface area contributed by atoms with Crippen molar-refractivity contribution >= 4 is 28.3 Å². The van der Waals surface area contributed by atoms with Crippen molar-refractivity contribution in [2.45, 2.75) is 6.54 Å². The fourth-order valence-corrected chi connectivity index (χ4v) is 2.88. The molecule has 2 aromatic carbocycles. The van der Waals surface area contributed by atoms with E-state index < -0.39 is 0 Å². The highest BCUT2D eigenvalue weighted by molar-refractivity contribution is 6.33. The van der Waals surface area contributed by atoms with Crippen molar-refractivity contribution in [1.82, 2.24) is 9.55 Å². The molecule has 0 saturated heterocycles. The topological polar surface area (TPSA) is 48.2 Å². The Bertz CT molecular complexity index is 874. The lowest BCUT2D eigenvalue weighted by atomic mass is 9.96. The molecule has 0 unspecified atom stereocenters. The van der Waals surface area contributed by atoms with Gasteiger partial charge in [0.2, 0.25) is 0 Å². The predicted molar refractivity (Wildman–Crippen MR) is 85.3 cm³/mol. The van der Waals surface area contributed by atoms with E-state index in [2.05, 4.69) is 9.83 Å². The summed E-state index contributed by atoms with van der Waals surface area (Å²) in [6.45, 7) is 7.78. The van der Waals surface area contributed by atoms with Crippen LogP contribution in [0.15, 0.2) is 36.7 Å². The Hall–Kier alpha value is -2.35. The number of hydrogen-bond donors (Lipinski definition) is 1. The number of nitrogens with two attached hydrogens (primary N) is 1. The number of hydrogen-bond acceptors (Lipinski definition) is 2. The molecule has 3 rings (SSSR count). The smallest absolute Gasteiger partial charge is 0.197 e. The van der Waals surface area contributed by atoms with Gasteiger partial charge in [-0.05, 0) is 28.8 Å². The van der Waals surface area contributed by atoms with Crippen LogP contribution in [0.1, 0.15) is 5.56 Å². The number of nitrogens with zero attached hydrogens (tertiary/aromatic N) is 3. The van der Waals surface area contributed by atoms with Crippen LogP contribution in [0, 0.1) is 6.57 Å². The molecular weight excluding hydrogens is 284 g/mol. The highest BCUT2D eigenvalue weighted by Crippen LogP contribution is 2.41. The molecule has 5 heteroatoms. The van der Waals surface area contributed by atoms with E-state index in [0.29, 0.717) is 17.3 Å². The van der Waals surface area contributed by atoms with E-state index in [-0.39, 0.29) is 0 Å². The maximum Gasteiger partial charge on any atom is 0.197 e. The van der Waals surface area contributed by atoms with Crippen LogP contribution in [0.25, 0.3) is 27.0 Å². The second-order valence-corrected chi connectivity index (χ2v) is 5.18. The van der Waals surface area contributed by atoms with E-state index in [4.69, 9.17) is 23.9 Å². The fourth-order valence-electron chi connectivity index (χ4n) is 2.65. The number of aromatic nitrogens is 2. The molecule has 0 aliphatic carbocycles. The van der Waals surface area contributed by atoms with E-state index >= 15 is 0 Å². The van der Waals surface area contributed by atoms with E-state index in [1.165, 1.54) is 0 Å². The van der Waals surface area contributed by atoms with E-state index in [0.717, 1.165) is 27.7 Å². The number of aryl methyl sites for hydroxylation is 1. The molecule has 0 aliphatic rings. The Morgan fingerprint density at radius 2 is 2.14 bits per heavy atom. The van der Waals surface area contributed by atoms with Crippen LogP contribution in [0.3, 0.4) is 0 Å². The van der Waals surface area contributed by atoms with Crippen LogP contribution >= 0.6 is 11.6 Å². The third-order valence-electron chi connectivity index (χ3n) is 3.55. The number of rotatable bonds is 2. The zero-order chi connectivity index (χ0) is 15.0. The van der Waals surface area contributed by atoms with Crippen LogP contribution in [-0.4, -0.2) is 9.55 Å². The van der Waals surface area contributed by atoms with E-state index in [9.17, 15) is 0 Å². The highest BCUT2D eigenvalue weighted by atomic mass is 35.5. The second kappa shape index (κ2) is 5.21. The van der Waals surface area contributed by atoms with Gasteiger partial charge in [-0.15, -0.1) is 0 Å². The maximum atomic E-state index is 7.46. The van der Waals surface area contributed by atoms with Gasteiger partial charge in [0.05, 0.1) is 23.9 Å². The summed E-state index contributed by atoms with van der Waals surface area (Å²) >= 11 is 6.32. The molecule has 1 heterocycles. The van der Waals surface area contributed by atoms with Crippen LogP contribution < -0.4 is 5.73 Å². The number of halogens is 1. The van der Waals surface area contributed by atoms with E-state index in [1.807, 2.05) is 35.9 Å². The van der Waals surface area contributed by atoms with Crippen molar-refractivity contribution in [2.75, 3.05) is 0 Å². The van der Waals surface area contributed by atoms with Crippen molar-refractivity contribution in [2.24, 2.45) is 12.8 Å². The minimum atomic E-state index is 0.319. The molecule has 2 N–H and O–H groups in total. The van der Waals surface area contributed by atoms with Gasteiger partial charge in [0.15, 0.2) is 5.69 Å². The van der Waals surface area contributed by atoms with Crippen LogP contribution in [0.5, 0.6) is 0 Å². The zero-order valence-electron chi connectivity index (χ0n) is 11.5. The first-order valence-corrected chi connectivity index (χ1v) is 6.84. The Labute approximate surface area is 127 Å².